The van der Waals surface area contributed by atoms with Crippen molar-refractivity contribution < 1.29 is 4.79 Å². The minimum atomic E-state index is 0.0137. The molecule has 5 nitrogen and oxygen atoms in total. The van der Waals surface area contributed by atoms with E-state index in [1.54, 1.807) is 19.0 Å². The van der Waals surface area contributed by atoms with Gasteiger partial charge < -0.3 is 10.2 Å². The molecule has 0 aliphatic carbocycles. The molecule has 0 fully saturated rings. The van der Waals surface area contributed by atoms with Crippen molar-refractivity contribution in [2.24, 2.45) is 0 Å². The number of amides is 1. The number of aromatic nitrogens is 2. The Morgan fingerprint density at radius 1 is 1.29 bits per heavy atom. The first kappa shape index (κ1) is 15.1. The summed E-state index contributed by atoms with van der Waals surface area (Å²) in [6, 6.07) is 7.88. The second-order valence-electron chi connectivity index (χ2n) is 5.55. The monoisotopic (exact) mass is 286 g/mol. The van der Waals surface area contributed by atoms with Crippen LogP contribution in [0.1, 0.15) is 35.8 Å². The van der Waals surface area contributed by atoms with Crippen molar-refractivity contribution in [3.8, 4) is 0 Å². The molecule has 1 amide bonds. The Labute approximate surface area is 125 Å². The lowest BCUT2D eigenvalue weighted by Crippen LogP contribution is -2.21. The van der Waals surface area contributed by atoms with Crippen LogP contribution in [0.4, 0.5) is 5.69 Å². The van der Waals surface area contributed by atoms with Gasteiger partial charge in [-0.3, -0.25) is 9.48 Å². The van der Waals surface area contributed by atoms with Gasteiger partial charge in [0.05, 0.1) is 6.20 Å². The molecular formula is C16H22N4O. The second kappa shape index (κ2) is 6.43. The van der Waals surface area contributed by atoms with E-state index < -0.39 is 0 Å². The third kappa shape index (κ3) is 3.84. The molecule has 1 aromatic heterocycles. The maximum absolute atomic E-state index is 11.8. The minimum Gasteiger partial charge on any atom is -0.381 e. The highest BCUT2D eigenvalue weighted by Gasteiger charge is 2.07. The second-order valence-corrected chi connectivity index (χ2v) is 5.55. The zero-order valence-electron chi connectivity index (χ0n) is 13.0. The number of hydrogen-bond donors (Lipinski definition) is 1. The molecule has 1 aromatic carbocycles. The Morgan fingerprint density at radius 2 is 1.95 bits per heavy atom. The van der Waals surface area contributed by atoms with E-state index in [-0.39, 0.29) is 5.91 Å². The largest absolute Gasteiger partial charge is 0.381 e. The third-order valence-electron chi connectivity index (χ3n) is 3.22. The number of anilines is 1. The number of rotatable bonds is 5. The first-order valence-corrected chi connectivity index (χ1v) is 7.06. The third-order valence-corrected chi connectivity index (χ3v) is 3.22. The smallest absolute Gasteiger partial charge is 0.253 e. The molecule has 5 heteroatoms. The van der Waals surface area contributed by atoms with Crippen LogP contribution in [0.5, 0.6) is 0 Å². The van der Waals surface area contributed by atoms with Crippen LogP contribution in [0.25, 0.3) is 0 Å². The van der Waals surface area contributed by atoms with Gasteiger partial charge in [0.25, 0.3) is 5.91 Å². The normalized spacial score (nSPS) is 10.7. The fraction of sp³-hybridized carbons (Fsp3) is 0.375. The van der Waals surface area contributed by atoms with E-state index in [9.17, 15) is 4.79 Å². The van der Waals surface area contributed by atoms with Gasteiger partial charge in [-0.05, 0) is 38.1 Å². The van der Waals surface area contributed by atoms with E-state index in [4.69, 9.17) is 0 Å². The maximum Gasteiger partial charge on any atom is 0.253 e. The van der Waals surface area contributed by atoms with Gasteiger partial charge in [0.15, 0.2) is 0 Å². The summed E-state index contributed by atoms with van der Waals surface area (Å²) in [5.74, 6) is 0.0137. The molecule has 21 heavy (non-hydrogen) atoms. The first-order valence-electron chi connectivity index (χ1n) is 7.06. The summed E-state index contributed by atoms with van der Waals surface area (Å²) < 4.78 is 1.94. The molecule has 0 aliphatic rings. The number of nitrogens with one attached hydrogen (secondary N) is 1. The van der Waals surface area contributed by atoms with Gasteiger partial charge >= 0.3 is 0 Å². The topological polar surface area (TPSA) is 50.2 Å². The van der Waals surface area contributed by atoms with Crippen molar-refractivity contribution in [3.63, 3.8) is 0 Å². The van der Waals surface area contributed by atoms with Crippen molar-refractivity contribution in [3.05, 3.63) is 47.8 Å². The lowest BCUT2D eigenvalue weighted by molar-refractivity contribution is 0.0827. The number of hydrogen-bond acceptors (Lipinski definition) is 3. The zero-order valence-corrected chi connectivity index (χ0v) is 13.0. The van der Waals surface area contributed by atoms with Crippen molar-refractivity contribution in [2.75, 3.05) is 19.4 Å². The van der Waals surface area contributed by atoms with E-state index in [1.807, 2.05) is 41.3 Å². The van der Waals surface area contributed by atoms with Crippen molar-refractivity contribution >= 4 is 11.6 Å². The molecule has 0 bridgehead atoms. The molecule has 1 heterocycles. The highest BCUT2D eigenvalue weighted by molar-refractivity contribution is 5.94. The number of carbonyl (C=O) groups is 1. The molecule has 0 saturated carbocycles. The Hall–Kier alpha value is -2.30. The van der Waals surface area contributed by atoms with Crippen LogP contribution < -0.4 is 5.32 Å². The van der Waals surface area contributed by atoms with Gasteiger partial charge in [-0.2, -0.15) is 5.10 Å². The number of carbonyl (C=O) groups excluding carboxylic acids is 1. The molecule has 2 aromatic rings. The van der Waals surface area contributed by atoms with E-state index in [0.717, 1.165) is 11.3 Å². The van der Waals surface area contributed by atoms with Crippen LogP contribution in [0.15, 0.2) is 36.7 Å². The summed E-state index contributed by atoms with van der Waals surface area (Å²) in [4.78, 5) is 13.4. The van der Waals surface area contributed by atoms with Gasteiger partial charge in [-0.25, -0.2) is 0 Å². The van der Waals surface area contributed by atoms with E-state index in [1.165, 1.54) is 0 Å². The molecule has 0 saturated heterocycles. The molecule has 0 atom stereocenters. The van der Waals surface area contributed by atoms with Crippen molar-refractivity contribution in [2.45, 2.75) is 26.4 Å². The van der Waals surface area contributed by atoms with Gasteiger partial charge in [0.2, 0.25) is 0 Å². The lowest BCUT2D eigenvalue weighted by Gasteiger charge is -2.11. The van der Waals surface area contributed by atoms with Crippen LogP contribution in [0.2, 0.25) is 0 Å². The molecule has 0 radical (unpaired) electrons. The van der Waals surface area contributed by atoms with E-state index in [2.05, 4.69) is 24.3 Å². The molecule has 2 rings (SSSR count). The highest BCUT2D eigenvalue weighted by Crippen LogP contribution is 2.13. The van der Waals surface area contributed by atoms with Crippen LogP contribution >= 0.6 is 0 Å². The predicted octanol–water partition coefficient (Wildman–Crippen LogP) is 2.78. The summed E-state index contributed by atoms with van der Waals surface area (Å²) in [5, 5.41) is 7.64. The summed E-state index contributed by atoms with van der Waals surface area (Å²) in [5.41, 5.74) is 2.82. The molecule has 0 spiro atoms. The molecular weight excluding hydrogens is 264 g/mol. The average molecular weight is 286 g/mol. The summed E-state index contributed by atoms with van der Waals surface area (Å²) in [7, 11) is 3.50. The molecule has 0 unspecified atom stereocenters. The predicted molar refractivity (Wildman–Crippen MR) is 84.4 cm³/mol. The molecule has 1 N–H and O–H groups in total. The van der Waals surface area contributed by atoms with Crippen LogP contribution in [-0.2, 0) is 6.54 Å². The Morgan fingerprint density at radius 3 is 2.48 bits per heavy atom. The van der Waals surface area contributed by atoms with Crippen molar-refractivity contribution in [1.29, 1.82) is 0 Å². The van der Waals surface area contributed by atoms with Gasteiger partial charge in [0, 0.05) is 49.7 Å². The van der Waals surface area contributed by atoms with Gasteiger partial charge in [0.1, 0.15) is 0 Å². The zero-order chi connectivity index (χ0) is 15.4. The lowest BCUT2D eigenvalue weighted by atomic mass is 10.2. The van der Waals surface area contributed by atoms with E-state index >= 15 is 0 Å². The summed E-state index contributed by atoms with van der Waals surface area (Å²) in [6.45, 7) is 4.92. The Bertz CT molecular complexity index is 599. The highest BCUT2D eigenvalue weighted by atomic mass is 16.2. The fourth-order valence-electron chi connectivity index (χ4n) is 1.94. The van der Waals surface area contributed by atoms with Gasteiger partial charge in [-0.1, -0.05) is 0 Å². The summed E-state index contributed by atoms with van der Waals surface area (Å²) >= 11 is 0. The maximum atomic E-state index is 11.8. The van der Waals surface area contributed by atoms with Gasteiger partial charge in [-0.15, -0.1) is 0 Å². The number of benzene rings is 1. The minimum absolute atomic E-state index is 0.0137. The molecule has 0 aliphatic heterocycles. The SMILES string of the molecule is CC(C)n1cc(CNc2ccc(C(=O)N(C)C)cc2)cn1. The standard InChI is InChI=1S/C16H22N4O/c1-12(2)20-11-13(10-18-20)9-17-15-7-5-14(6-8-15)16(21)19(3)4/h5-8,10-12,17H,9H2,1-4H3. The average Bonchev–Trinajstić information content (AvgIpc) is 2.94. The summed E-state index contributed by atoms with van der Waals surface area (Å²) in [6.07, 6.45) is 3.92. The van der Waals surface area contributed by atoms with Crippen LogP contribution in [0.3, 0.4) is 0 Å². The first-order chi connectivity index (χ1) is 9.97. The quantitative estimate of drug-likeness (QED) is 0.919. The Balaban J connectivity index is 1.95. The van der Waals surface area contributed by atoms with Crippen LogP contribution in [-0.4, -0.2) is 34.7 Å². The van der Waals surface area contributed by atoms with E-state index in [0.29, 0.717) is 18.2 Å². The Kier molecular flexibility index (Phi) is 4.62. The molecule has 112 valence electrons. The number of nitrogens with zero attached hydrogens (tertiary/aromatic N) is 3. The van der Waals surface area contributed by atoms with Crippen molar-refractivity contribution in [1.82, 2.24) is 14.7 Å². The van der Waals surface area contributed by atoms with Crippen LogP contribution in [0, 0.1) is 0 Å². The fourth-order valence-corrected chi connectivity index (χ4v) is 1.94.